The van der Waals surface area contributed by atoms with Gasteiger partial charge in [-0.1, -0.05) is 7.43 Å². The molecular formula is C9H15N2NaO3. The van der Waals surface area contributed by atoms with Gasteiger partial charge in [-0.15, -0.1) is 0 Å². The number of allylic oxidation sites excluding steroid dienone is 2. The van der Waals surface area contributed by atoms with E-state index in [0.717, 1.165) is 0 Å². The number of rotatable bonds is 3. The minimum atomic E-state index is -0.449. The summed E-state index contributed by atoms with van der Waals surface area (Å²) in [4.78, 5) is 26.2. The molecule has 0 spiro atoms. The maximum atomic E-state index is 10.9. The van der Waals surface area contributed by atoms with Crippen molar-refractivity contribution in [1.82, 2.24) is 5.32 Å². The molecule has 5 nitrogen and oxygen atoms in total. The molecule has 1 atom stereocenters. The molecule has 0 saturated carbocycles. The molecule has 1 aliphatic heterocycles. The Morgan fingerprint density at radius 1 is 1.60 bits per heavy atom. The minimum Gasteiger partial charge on any atom is -0.529 e. The summed E-state index contributed by atoms with van der Waals surface area (Å²) >= 11 is 0. The molecule has 1 fully saturated rings. The molecule has 1 aliphatic rings. The number of carbonyl (C=O) groups is 2. The van der Waals surface area contributed by atoms with E-state index in [9.17, 15) is 9.59 Å². The fraction of sp³-hybridized carbons (Fsp3) is 0.556. The normalized spacial score (nSPS) is 19.7. The summed E-state index contributed by atoms with van der Waals surface area (Å²) in [5.74, 6) is -0.399. The number of hydroxylamine groups is 1. The van der Waals surface area contributed by atoms with Crippen LogP contribution >= 0.6 is 0 Å². The standard InChI is InChI=1S/C8H12N2O3.CH4.Na/c1-5(3-6(2)11)9-7-4-13-10-8(7)12;;/h3,7H,4H2,1-2H3,(H2,9,10,11,12);1H4;/q;;+1/p-1. The van der Waals surface area contributed by atoms with E-state index < -0.39 is 6.04 Å². The van der Waals surface area contributed by atoms with Gasteiger partial charge in [-0.3, -0.25) is 4.79 Å². The molecule has 6 heteroatoms. The third-order valence-corrected chi connectivity index (χ3v) is 1.52. The monoisotopic (exact) mass is 222 g/mol. The van der Waals surface area contributed by atoms with Crippen LogP contribution in [0.1, 0.15) is 21.3 Å². The number of hydrogen-bond acceptors (Lipinski definition) is 4. The van der Waals surface area contributed by atoms with Gasteiger partial charge in [0.25, 0.3) is 0 Å². The first-order valence-electron chi connectivity index (χ1n) is 3.92. The SMILES string of the molecule is C.CC(=O)C=C(C)NC1CO[N-]C1=O.[Na+]. The van der Waals surface area contributed by atoms with Crippen molar-refractivity contribution in [3.63, 3.8) is 0 Å². The second-order valence-electron chi connectivity index (χ2n) is 2.86. The van der Waals surface area contributed by atoms with Gasteiger partial charge in [-0.05, 0) is 19.9 Å². The summed E-state index contributed by atoms with van der Waals surface area (Å²) in [6.07, 6.45) is 1.42. The number of amides is 1. The van der Waals surface area contributed by atoms with E-state index in [-0.39, 0.29) is 55.3 Å². The Kier molecular flexibility index (Phi) is 8.95. The molecule has 0 aromatic heterocycles. The van der Waals surface area contributed by atoms with Crippen molar-refractivity contribution in [2.45, 2.75) is 27.3 Å². The van der Waals surface area contributed by atoms with Crippen molar-refractivity contribution in [3.8, 4) is 0 Å². The smallest absolute Gasteiger partial charge is 0.529 e. The van der Waals surface area contributed by atoms with Crippen LogP contribution in [0.4, 0.5) is 0 Å². The predicted molar refractivity (Wildman–Crippen MR) is 52.4 cm³/mol. The van der Waals surface area contributed by atoms with Gasteiger partial charge in [0.15, 0.2) is 5.78 Å². The minimum absolute atomic E-state index is 0. The van der Waals surface area contributed by atoms with E-state index in [4.69, 9.17) is 0 Å². The molecule has 1 rings (SSSR count). The van der Waals surface area contributed by atoms with Crippen LogP contribution < -0.4 is 34.9 Å². The fourth-order valence-electron chi connectivity index (χ4n) is 1.04. The molecule has 1 saturated heterocycles. The number of nitrogens with zero attached hydrogens (tertiary/aromatic N) is 1. The number of nitrogens with one attached hydrogen (secondary N) is 1. The fourth-order valence-corrected chi connectivity index (χ4v) is 1.04. The zero-order valence-corrected chi connectivity index (χ0v) is 10.5. The van der Waals surface area contributed by atoms with Crippen LogP contribution in [0.15, 0.2) is 11.8 Å². The van der Waals surface area contributed by atoms with Gasteiger partial charge in [0.1, 0.15) is 0 Å². The molecule has 0 aromatic rings. The van der Waals surface area contributed by atoms with Crippen molar-refractivity contribution >= 4 is 11.7 Å². The summed E-state index contributed by atoms with van der Waals surface area (Å²) < 4.78 is 0. The van der Waals surface area contributed by atoms with E-state index in [1.54, 1.807) is 6.92 Å². The summed E-state index contributed by atoms with van der Waals surface area (Å²) in [5, 5.41) is 2.83. The van der Waals surface area contributed by atoms with Crippen LogP contribution in [-0.2, 0) is 14.4 Å². The first kappa shape index (κ1) is 17.0. The van der Waals surface area contributed by atoms with Gasteiger partial charge in [0.05, 0.1) is 18.6 Å². The van der Waals surface area contributed by atoms with E-state index in [2.05, 4.69) is 15.6 Å². The predicted octanol–water partition coefficient (Wildman–Crippen LogP) is -2.08. The van der Waals surface area contributed by atoms with Crippen LogP contribution in [0.3, 0.4) is 0 Å². The van der Waals surface area contributed by atoms with E-state index in [1.165, 1.54) is 13.0 Å². The number of hydrogen-bond donors (Lipinski definition) is 1. The Hall–Kier alpha value is -0.360. The second kappa shape index (κ2) is 7.87. The summed E-state index contributed by atoms with van der Waals surface area (Å²) in [7, 11) is 0. The first-order valence-corrected chi connectivity index (χ1v) is 3.92. The van der Waals surface area contributed by atoms with Crippen LogP contribution in [-0.4, -0.2) is 24.3 Å². The molecular weight excluding hydrogens is 207 g/mol. The van der Waals surface area contributed by atoms with Gasteiger partial charge in [0.2, 0.25) is 0 Å². The van der Waals surface area contributed by atoms with Gasteiger partial charge < -0.3 is 20.4 Å². The van der Waals surface area contributed by atoms with Crippen molar-refractivity contribution in [3.05, 3.63) is 17.3 Å². The van der Waals surface area contributed by atoms with Gasteiger partial charge in [-0.25, -0.2) is 0 Å². The molecule has 0 radical (unpaired) electrons. The summed E-state index contributed by atoms with van der Waals surface area (Å²) in [5.41, 5.74) is 3.88. The van der Waals surface area contributed by atoms with Crippen molar-refractivity contribution in [2.24, 2.45) is 0 Å². The molecule has 0 aromatic carbocycles. The molecule has 1 unspecified atom stereocenters. The van der Waals surface area contributed by atoms with Crippen molar-refractivity contribution in [2.75, 3.05) is 6.61 Å². The Balaban J connectivity index is 0. The summed E-state index contributed by atoms with van der Waals surface area (Å²) in [6, 6.07) is -0.449. The Morgan fingerprint density at radius 3 is 2.60 bits per heavy atom. The van der Waals surface area contributed by atoms with Crippen LogP contribution in [0, 0.1) is 0 Å². The van der Waals surface area contributed by atoms with E-state index >= 15 is 0 Å². The number of carbonyl (C=O) groups excluding carboxylic acids is 2. The van der Waals surface area contributed by atoms with Crippen molar-refractivity contribution in [1.29, 1.82) is 0 Å². The van der Waals surface area contributed by atoms with Gasteiger partial charge >= 0.3 is 29.6 Å². The topological polar surface area (TPSA) is 69.5 Å². The number of ketones is 1. The average Bonchev–Trinajstić information content (AvgIpc) is 2.34. The molecule has 0 aliphatic carbocycles. The average molecular weight is 222 g/mol. The molecule has 1 amide bonds. The third kappa shape index (κ3) is 5.94. The first-order chi connectivity index (χ1) is 6.09. The quantitative estimate of drug-likeness (QED) is 0.439. The van der Waals surface area contributed by atoms with E-state index in [1.807, 2.05) is 0 Å². The Morgan fingerprint density at radius 2 is 2.20 bits per heavy atom. The zero-order chi connectivity index (χ0) is 9.84. The second-order valence-corrected chi connectivity index (χ2v) is 2.86. The summed E-state index contributed by atoms with van der Waals surface area (Å²) in [6.45, 7) is 3.39. The molecule has 1 heterocycles. The third-order valence-electron chi connectivity index (χ3n) is 1.52. The van der Waals surface area contributed by atoms with Crippen LogP contribution in [0.2, 0.25) is 0 Å². The molecule has 1 N–H and O–H groups in total. The molecule has 80 valence electrons. The Labute approximate surface area is 112 Å². The molecule has 15 heavy (non-hydrogen) atoms. The molecule has 0 bridgehead atoms. The van der Waals surface area contributed by atoms with Crippen molar-refractivity contribution < 1.29 is 44.0 Å². The Bertz CT molecular complexity index is 266. The largest absolute Gasteiger partial charge is 1.00 e. The zero-order valence-electron chi connectivity index (χ0n) is 8.53. The van der Waals surface area contributed by atoms with Gasteiger partial charge in [-0.2, -0.15) is 0 Å². The maximum absolute atomic E-state index is 10.9. The van der Waals surface area contributed by atoms with Crippen LogP contribution in [0.25, 0.3) is 5.48 Å². The van der Waals surface area contributed by atoms with E-state index in [0.29, 0.717) is 5.70 Å². The van der Waals surface area contributed by atoms with Crippen LogP contribution in [0.5, 0.6) is 0 Å². The maximum Gasteiger partial charge on any atom is 1.00 e. The van der Waals surface area contributed by atoms with Gasteiger partial charge in [0, 0.05) is 5.70 Å².